The molecule has 1 aliphatic rings. The van der Waals surface area contributed by atoms with E-state index in [0.29, 0.717) is 13.2 Å². The second kappa shape index (κ2) is 9.64. The van der Waals surface area contributed by atoms with Crippen LogP contribution < -0.4 is 15.4 Å². The van der Waals surface area contributed by atoms with Crippen LogP contribution in [0.25, 0.3) is 0 Å². The van der Waals surface area contributed by atoms with E-state index in [1.807, 2.05) is 31.2 Å². The molecular weight excluding hydrogens is 288 g/mol. The van der Waals surface area contributed by atoms with Crippen molar-refractivity contribution in [1.29, 1.82) is 0 Å². The SMILES string of the molecule is Cc1ccccc1OCCCNC(=O)C1CCCCN1.Cl. The fourth-order valence-electron chi connectivity index (χ4n) is 2.38. The summed E-state index contributed by atoms with van der Waals surface area (Å²) in [6.45, 7) is 4.28. The van der Waals surface area contributed by atoms with Gasteiger partial charge in [-0.05, 0) is 44.4 Å². The minimum atomic E-state index is 0. The Bertz CT molecular complexity index is 434. The summed E-state index contributed by atoms with van der Waals surface area (Å²) < 4.78 is 5.70. The Morgan fingerprint density at radius 3 is 2.90 bits per heavy atom. The van der Waals surface area contributed by atoms with E-state index >= 15 is 0 Å². The summed E-state index contributed by atoms with van der Waals surface area (Å²) in [5.41, 5.74) is 1.14. The van der Waals surface area contributed by atoms with E-state index in [-0.39, 0.29) is 24.4 Å². The maximum Gasteiger partial charge on any atom is 0.237 e. The molecule has 0 radical (unpaired) electrons. The molecule has 1 saturated heterocycles. The highest BCUT2D eigenvalue weighted by atomic mass is 35.5. The normalized spacial score (nSPS) is 17.7. The molecular formula is C16H25ClN2O2. The average Bonchev–Trinajstić information content (AvgIpc) is 2.49. The van der Waals surface area contributed by atoms with E-state index < -0.39 is 0 Å². The molecule has 1 amide bonds. The molecule has 1 atom stereocenters. The van der Waals surface area contributed by atoms with Gasteiger partial charge >= 0.3 is 0 Å². The van der Waals surface area contributed by atoms with Gasteiger partial charge < -0.3 is 15.4 Å². The molecule has 0 aliphatic carbocycles. The summed E-state index contributed by atoms with van der Waals surface area (Å²) >= 11 is 0. The Hall–Kier alpha value is -1.26. The number of aryl methyl sites for hydroxylation is 1. The molecule has 5 heteroatoms. The Morgan fingerprint density at radius 2 is 2.19 bits per heavy atom. The van der Waals surface area contributed by atoms with Crippen LogP contribution in [0.2, 0.25) is 0 Å². The van der Waals surface area contributed by atoms with Gasteiger partial charge in [-0.1, -0.05) is 24.6 Å². The minimum absolute atomic E-state index is 0. The van der Waals surface area contributed by atoms with E-state index in [1.165, 1.54) is 6.42 Å². The van der Waals surface area contributed by atoms with E-state index in [4.69, 9.17) is 4.74 Å². The van der Waals surface area contributed by atoms with Crippen molar-refractivity contribution in [3.63, 3.8) is 0 Å². The third-order valence-electron chi connectivity index (χ3n) is 3.60. The first-order valence-corrected chi connectivity index (χ1v) is 7.47. The van der Waals surface area contributed by atoms with Crippen LogP contribution >= 0.6 is 12.4 Å². The molecule has 0 spiro atoms. The molecule has 1 fully saturated rings. The van der Waals surface area contributed by atoms with Gasteiger partial charge in [-0.2, -0.15) is 0 Å². The van der Waals surface area contributed by atoms with Crippen LogP contribution in [-0.4, -0.2) is 31.6 Å². The van der Waals surface area contributed by atoms with Crippen molar-refractivity contribution in [2.75, 3.05) is 19.7 Å². The maximum atomic E-state index is 11.9. The lowest BCUT2D eigenvalue weighted by Gasteiger charge is -2.22. The molecule has 0 aromatic heterocycles. The maximum absolute atomic E-state index is 11.9. The topological polar surface area (TPSA) is 50.4 Å². The number of para-hydroxylation sites is 1. The number of nitrogens with one attached hydrogen (secondary N) is 2. The average molecular weight is 313 g/mol. The van der Waals surface area contributed by atoms with Crippen LogP contribution in [0.1, 0.15) is 31.2 Å². The lowest BCUT2D eigenvalue weighted by Crippen LogP contribution is -2.46. The lowest BCUT2D eigenvalue weighted by atomic mass is 10.0. The van der Waals surface area contributed by atoms with Crippen LogP contribution in [0, 0.1) is 6.92 Å². The Balaban J connectivity index is 0.00000220. The summed E-state index contributed by atoms with van der Waals surface area (Å²) in [6.07, 6.45) is 4.09. The number of hydrogen-bond donors (Lipinski definition) is 2. The number of benzene rings is 1. The second-order valence-electron chi connectivity index (χ2n) is 5.26. The Labute approximate surface area is 133 Å². The first-order chi connectivity index (χ1) is 9.77. The number of carbonyl (C=O) groups is 1. The summed E-state index contributed by atoms with van der Waals surface area (Å²) in [5, 5.41) is 6.22. The fraction of sp³-hybridized carbons (Fsp3) is 0.562. The Morgan fingerprint density at radius 1 is 1.38 bits per heavy atom. The minimum Gasteiger partial charge on any atom is -0.493 e. The van der Waals surface area contributed by atoms with E-state index in [0.717, 1.165) is 37.1 Å². The molecule has 1 aromatic carbocycles. The van der Waals surface area contributed by atoms with Gasteiger partial charge in [0.1, 0.15) is 5.75 Å². The highest BCUT2D eigenvalue weighted by molar-refractivity contribution is 5.85. The van der Waals surface area contributed by atoms with Crippen molar-refractivity contribution < 1.29 is 9.53 Å². The van der Waals surface area contributed by atoms with Gasteiger partial charge in [-0.25, -0.2) is 0 Å². The van der Waals surface area contributed by atoms with Crippen molar-refractivity contribution in [2.45, 2.75) is 38.6 Å². The van der Waals surface area contributed by atoms with Gasteiger partial charge in [0.2, 0.25) is 5.91 Å². The molecule has 118 valence electrons. The zero-order chi connectivity index (χ0) is 14.2. The fourth-order valence-corrected chi connectivity index (χ4v) is 2.38. The van der Waals surface area contributed by atoms with Gasteiger partial charge in [0, 0.05) is 6.54 Å². The van der Waals surface area contributed by atoms with Crippen LogP contribution in [-0.2, 0) is 4.79 Å². The number of carbonyl (C=O) groups excluding carboxylic acids is 1. The molecule has 1 heterocycles. The summed E-state index contributed by atoms with van der Waals surface area (Å²) in [4.78, 5) is 11.9. The number of amides is 1. The monoisotopic (exact) mass is 312 g/mol. The Kier molecular flexibility index (Phi) is 8.16. The van der Waals surface area contributed by atoms with Crippen molar-refractivity contribution in [3.05, 3.63) is 29.8 Å². The molecule has 0 bridgehead atoms. The van der Waals surface area contributed by atoms with E-state index in [2.05, 4.69) is 10.6 Å². The molecule has 1 aliphatic heterocycles. The third-order valence-corrected chi connectivity index (χ3v) is 3.60. The van der Waals surface area contributed by atoms with Gasteiger partial charge in [-0.15, -0.1) is 12.4 Å². The lowest BCUT2D eigenvalue weighted by molar-refractivity contribution is -0.123. The predicted molar refractivity (Wildman–Crippen MR) is 87.2 cm³/mol. The van der Waals surface area contributed by atoms with Crippen molar-refractivity contribution in [1.82, 2.24) is 10.6 Å². The molecule has 2 N–H and O–H groups in total. The van der Waals surface area contributed by atoms with Crippen LogP contribution in [0.3, 0.4) is 0 Å². The highest BCUT2D eigenvalue weighted by Crippen LogP contribution is 2.16. The zero-order valence-corrected chi connectivity index (χ0v) is 13.4. The smallest absolute Gasteiger partial charge is 0.237 e. The summed E-state index contributed by atoms with van der Waals surface area (Å²) in [6, 6.07) is 7.98. The molecule has 2 rings (SSSR count). The molecule has 4 nitrogen and oxygen atoms in total. The third kappa shape index (κ3) is 5.94. The van der Waals surface area contributed by atoms with Gasteiger partial charge in [0.15, 0.2) is 0 Å². The number of ether oxygens (including phenoxy) is 1. The van der Waals surface area contributed by atoms with Crippen LogP contribution in [0.5, 0.6) is 5.75 Å². The predicted octanol–water partition coefficient (Wildman–Crippen LogP) is 2.44. The first kappa shape index (κ1) is 17.8. The number of piperidine rings is 1. The van der Waals surface area contributed by atoms with Crippen LogP contribution in [0.15, 0.2) is 24.3 Å². The van der Waals surface area contributed by atoms with Crippen molar-refractivity contribution >= 4 is 18.3 Å². The van der Waals surface area contributed by atoms with Gasteiger partial charge in [0.05, 0.1) is 12.6 Å². The summed E-state index contributed by atoms with van der Waals surface area (Å²) in [7, 11) is 0. The molecule has 1 unspecified atom stereocenters. The van der Waals surface area contributed by atoms with Crippen LogP contribution in [0.4, 0.5) is 0 Å². The van der Waals surface area contributed by atoms with Crippen molar-refractivity contribution in [2.24, 2.45) is 0 Å². The highest BCUT2D eigenvalue weighted by Gasteiger charge is 2.19. The second-order valence-corrected chi connectivity index (χ2v) is 5.26. The van der Waals surface area contributed by atoms with Gasteiger partial charge in [-0.3, -0.25) is 4.79 Å². The molecule has 1 aromatic rings. The zero-order valence-electron chi connectivity index (χ0n) is 12.6. The standard InChI is InChI=1S/C16H24N2O2.ClH/c1-13-7-2-3-9-15(13)20-12-6-11-18-16(19)14-8-4-5-10-17-14;/h2-3,7,9,14,17H,4-6,8,10-12H2,1H3,(H,18,19);1H. The summed E-state index contributed by atoms with van der Waals surface area (Å²) in [5.74, 6) is 1.05. The first-order valence-electron chi connectivity index (χ1n) is 7.47. The van der Waals surface area contributed by atoms with Gasteiger partial charge in [0.25, 0.3) is 0 Å². The van der Waals surface area contributed by atoms with Crippen molar-refractivity contribution in [3.8, 4) is 5.75 Å². The largest absolute Gasteiger partial charge is 0.493 e. The number of halogens is 1. The number of rotatable bonds is 6. The molecule has 0 saturated carbocycles. The van der Waals surface area contributed by atoms with E-state index in [9.17, 15) is 4.79 Å². The van der Waals surface area contributed by atoms with E-state index in [1.54, 1.807) is 0 Å². The quantitative estimate of drug-likeness (QED) is 0.793. The molecule has 21 heavy (non-hydrogen) atoms. The number of hydrogen-bond acceptors (Lipinski definition) is 3.